The van der Waals surface area contributed by atoms with Crippen molar-refractivity contribution in [2.75, 3.05) is 23.5 Å². The van der Waals surface area contributed by atoms with Crippen LogP contribution in [0.3, 0.4) is 0 Å². The van der Waals surface area contributed by atoms with Crippen molar-refractivity contribution in [1.82, 2.24) is 10.3 Å². The second kappa shape index (κ2) is 14.1. The van der Waals surface area contributed by atoms with Gasteiger partial charge in [-0.1, -0.05) is 57.6 Å². The third-order valence-electron chi connectivity index (χ3n) is 6.03. The number of methoxy groups -OCH3 is 1. The molecule has 0 atom stereocenters. The zero-order chi connectivity index (χ0) is 30.2. The fraction of sp³-hybridized carbons (Fsp3) is 0.0625. The van der Waals surface area contributed by atoms with E-state index in [9.17, 15) is 14.4 Å². The van der Waals surface area contributed by atoms with E-state index < -0.39 is 11.8 Å². The predicted octanol–water partition coefficient (Wildman–Crippen LogP) is 7.21. The lowest BCUT2D eigenvalue weighted by molar-refractivity contribution is -0.114. The number of carbonyl (C=O) groups excluding carboxylic acids is 3. The predicted molar refractivity (Wildman–Crippen MR) is 177 cm³/mol. The van der Waals surface area contributed by atoms with E-state index >= 15 is 0 Å². The van der Waals surface area contributed by atoms with Crippen molar-refractivity contribution < 1.29 is 19.1 Å². The second-order valence-electron chi connectivity index (χ2n) is 9.10. The van der Waals surface area contributed by atoms with Crippen LogP contribution in [0.4, 0.5) is 10.8 Å². The van der Waals surface area contributed by atoms with E-state index in [1.54, 1.807) is 49.6 Å². The number of ether oxygens (including phenoxy) is 1. The van der Waals surface area contributed by atoms with Crippen LogP contribution in [0.25, 0.3) is 16.3 Å². The molecule has 8 nitrogen and oxygen atoms in total. The van der Waals surface area contributed by atoms with E-state index in [-0.39, 0.29) is 17.4 Å². The van der Waals surface area contributed by atoms with Gasteiger partial charge < -0.3 is 20.7 Å². The number of rotatable bonds is 10. The van der Waals surface area contributed by atoms with E-state index in [0.717, 1.165) is 30.9 Å². The van der Waals surface area contributed by atoms with Crippen molar-refractivity contribution in [2.45, 2.75) is 4.90 Å². The van der Waals surface area contributed by atoms with E-state index in [0.29, 0.717) is 16.4 Å². The molecule has 0 aliphatic rings. The monoisotopic (exact) mass is 672 g/mol. The normalized spacial score (nSPS) is 11.2. The number of amides is 3. The lowest BCUT2D eigenvalue weighted by atomic mass is 10.1. The molecule has 1 aromatic heterocycles. The number of carbonyl (C=O) groups is 3. The van der Waals surface area contributed by atoms with E-state index in [4.69, 9.17) is 4.74 Å². The van der Waals surface area contributed by atoms with E-state index in [2.05, 4.69) is 36.9 Å². The Balaban J connectivity index is 1.20. The SMILES string of the molecule is COc1ccc2nc(NC(=O)CSc3ccc(NC(=O)/C(=C/c4ccc(Br)cc4)NC(=O)c4ccccc4)cc3)sc2c1. The summed E-state index contributed by atoms with van der Waals surface area (Å²) in [7, 11) is 1.61. The maximum atomic E-state index is 13.3. The molecule has 5 aromatic rings. The van der Waals surface area contributed by atoms with Crippen molar-refractivity contribution in [3.63, 3.8) is 0 Å². The molecule has 11 heteroatoms. The number of anilines is 2. The molecular formula is C32H25BrN4O4S2. The van der Waals surface area contributed by atoms with Crippen LogP contribution in [0.2, 0.25) is 0 Å². The van der Waals surface area contributed by atoms with Crippen molar-refractivity contribution >= 4 is 83.9 Å². The summed E-state index contributed by atoms with van der Waals surface area (Å²) in [6, 6.07) is 28.8. The summed E-state index contributed by atoms with van der Waals surface area (Å²) in [5.41, 5.74) is 2.61. The Hall–Kier alpha value is -4.45. The zero-order valence-electron chi connectivity index (χ0n) is 22.8. The van der Waals surface area contributed by atoms with Crippen LogP contribution in [0.5, 0.6) is 5.75 Å². The average molecular weight is 674 g/mol. The molecule has 0 bridgehead atoms. The van der Waals surface area contributed by atoms with Crippen LogP contribution >= 0.6 is 39.0 Å². The highest BCUT2D eigenvalue weighted by molar-refractivity contribution is 9.10. The maximum Gasteiger partial charge on any atom is 0.272 e. The summed E-state index contributed by atoms with van der Waals surface area (Å²) < 4.78 is 7.07. The van der Waals surface area contributed by atoms with Crippen molar-refractivity contribution in [2.24, 2.45) is 0 Å². The first kappa shape index (κ1) is 30.0. The summed E-state index contributed by atoms with van der Waals surface area (Å²) in [5.74, 6) is -0.116. The molecule has 0 unspecified atom stereocenters. The summed E-state index contributed by atoms with van der Waals surface area (Å²) in [6.45, 7) is 0. The van der Waals surface area contributed by atoms with Crippen LogP contribution in [0.1, 0.15) is 15.9 Å². The molecule has 1 heterocycles. The minimum Gasteiger partial charge on any atom is -0.497 e. The Morgan fingerprint density at radius 3 is 2.40 bits per heavy atom. The Morgan fingerprint density at radius 2 is 1.67 bits per heavy atom. The van der Waals surface area contributed by atoms with Crippen LogP contribution in [0, 0.1) is 0 Å². The second-order valence-corrected chi connectivity index (χ2v) is 12.1. The van der Waals surface area contributed by atoms with Gasteiger partial charge in [0.25, 0.3) is 11.8 Å². The number of halogens is 1. The largest absolute Gasteiger partial charge is 0.497 e. The lowest BCUT2D eigenvalue weighted by Crippen LogP contribution is -2.30. The molecule has 0 aliphatic carbocycles. The molecule has 0 aliphatic heterocycles. The molecule has 0 spiro atoms. The van der Waals surface area contributed by atoms with Gasteiger partial charge in [0.2, 0.25) is 5.91 Å². The molecule has 216 valence electrons. The first-order valence-electron chi connectivity index (χ1n) is 13.0. The molecule has 3 N–H and O–H groups in total. The topological polar surface area (TPSA) is 109 Å². The minimum atomic E-state index is -0.472. The third kappa shape index (κ3) is 8.31. The average Bonchev–Trinajstić information content (AvgIpc) is 3.43. The van der Waals surface area contributed by atoms with Gasteiger partial charge in [0.1, 0.15) is 11.4 Å². The van der Waals surface area contributed by atoms with Crippen LogP contribution in [-0.4, -0.2) is 35.6 Å². The number of benzene rings is 4. The maximum absolute atomic E-state index is 13.3. The molecule has 0 saturated carbocycles. The standard InChI is InChI=1S/C32H25BrN4O4S2/c1-41-24-13-16-26-28(18-24)43-32(36-26)37-29(38)19-42-25-14-11-23(12-15-25)34-31(40)27(17-20-7-9-22(33)10-8-20)35-30(39)21-5-3-2-4-6-21/h2-18H,19H2,1H3,(H,34,40)(H,35,39)(H,36,37,38)/b27-17-. The number of nitrogens with one attached hydrogen (secondary N) is 3. The number of thiazole rings is 1. The first-order valence-corrected chi connectivity index (χ1v) is 15.6. The Kier molecular flexibility index (Phi) is 9.88. The highest BCUT2D eigenvalue weighted by Crippen LogP contribution is 2.29. The fourth-order valence-corrected chi connectivity index (χ4v) is 5.76. The molecule has 0 radical (unpaired) electrons. The zero-order valence-corrected chi connectivity index (χ0v) is 26.0. The van der Waals surface area contributed by atoms with Crippen molar-refractivity contribution in [1.29, 1.82) is 0 Å². The highest BCUT2D eigenvalue weighted by atomic mass is 79.9. The van der Waals surface area contributed by atoms with Crippen molar-refractivity contribution in [3.05, 3.63) is 118 Å². The molecule has 43 heavy (non-hydrogen) atoms. The summed E-state index contributed by atoms with van der Waals surface area (Å²) in [5, 5.41) is 8.95. The lowest BCUT2D eigenvalue weighted by Gasteiger charge is -2.12. The van der Waals surface area contributed by atoms with Gasteiger partial charge in [0.05, 0.1) is 23.1 Å². The van der Waals surface area contributed by atoms with Gasteiger partial charge in [-0.3, -0.25) is 14.4 Å². The molecule has 4 aromatic carbocycles. The quantitative estimate of drug-likeness (QED) is 0.107. The fourth-order valence-electron chi connectivity index (χ4n) is 3.89. The van der Waals surface area contributed by atoms with Gasteiger partial charge in [-0.05, 0) is 78.4 Å². The van der Waals surface area contributed by atoms with Crippen LogP contribution in [-0.2, 0) is 9.59 Å². The van der Waals surface area contributed by atoms with Gasteiger partial charge in [0.15, 0.2) is 5.13 Å². The molecular weight excluding hydrogens is 648 g/mol. The number of hydrogen-bond acceptors (Lipinski definition) is 7. The van der Waals surface area contributed by atoms with E-state index in [1.807, 2.05) is 60.7 Å². The number of hydrogen-bond donors (Lipinski definition) is 3. The van der Waals surface area contributed by atoms with Crippen LogP contribution in [0.15, 0.2) is 112 Å². The number of aromatic nitrogens is 1. The Bertz CT molecular complexity index is 1790. The smallest absolute Gasteiger partial charge is 0.272 e. The number of thioether (sulfide) groups is 1. The molecule has 3 amide bonds. The van der Waals surface area contributed by atoms with Gasteiger partial charge in [0, 0.05) is 20.6 Å². The Morgan fingerprint density at radius 1 is 0.930 bits per heavy atom. The number of fused-ring (bicyclic) bond motifs is 1. The van der Waals surface area contributed by atoms with Gasteiger partial charge in [-0.15, -0.1) is 11.8 Å². The first-order chi connectivity index (χ1) is 20.9. The van der Waals surface area contributed by atoms with Crippen molar-refractivity contribution in [3.8, 4) is 5.75 Å². The summed E-state index contributed by atoms with van der Waals surface area (Å²) >= 11 is 6.15. The van der Waals surface area contributed by atoms with E-state index in [1.165, 1.54) is 23.1 Å². The van der Waals surface area contributed by atoms with Crippen LogP contribution < -0.4 is 20.7 Å². The summed E-state index contributed by atoms with van der Waals surface area (Å²) in [6.07, 6.45) is 1.62. The summed E-state index contributed by atoms with van der Waals surface area (Å²) in [4.78, 5) is 43.9. The molecule has 0 fully saturated rings. The van der Waals surface area contributed by atoms with Gasteiger partial charge in [-0.2, -0.15) is 0 Å². The minimum absolute atomic E-state index is 0.0968. The van der Waals surface area contributed by atoms with Gasteiger partial charge in [-0.25, -0.2) is 4.98 Å². The number of nitrogens with zero attached hydrogens (tertiary/aromatic N) is 1. The third-order valence-corrected chi connectivity index (χ3v) is 8.51. The Labute approximate surface area is 264 Å². The van der Waals surface area contributed by atoms with Gasteiger partial charge >= 0.3 is 0 Å². The highest BCUT2D eigenvalue weighted by Gasteiger charge is 2.15. The molecule has 0 saturated heterocycles. The molecule has 5 rings (SSSR count).